The van der Waals surface area contributed by atoms with Crippen molar-refractivity contribution in [2.24, 2.45) is 0 Å². The van der Waals surface area contributed by atoms with E-state index in [1.54, 1.807) is 18.2 Å². The fraction of sp³-hybridized carbons (Fsp3) is 0.333. The molecule has 2 aromatic rings. The molecular formula is C18H20ClN3O2. The number of hydrogen-bond donors (Lipinski definition) is 1. The molecule has 0 atom stereocenters. The summed E-state index contributed by atoms with van der Waals surface area (Å²) in [5, 5.41) is 3.37. The van der Waals surface area contributed by atoms with Crippen molar-refractivity contribution in [1.82, 2.24) is 10.3 Å². The standard InChI is InChI=1S/C18H20ClN3O2/c1-24-16-6-5-14(19)10-15(16)18(23)21-12-13-4-7-17(20-11-13)22-8-2-3-9-22/h4-7,10-11H,2-3,8-9,12H2,1H3,(H,21,23). The van der Waals surface area contributed by atoms with Gasteiger partial charge in [-0.3, -0.25) is 4.79 Å². The fourth-order valence-corrected chi connectivity index (χ4v) is 2.96. The Morgan fingerprint density at radius 2 is 2.08 bits per heavy atom. The minimum absolute atomic E-state index is 0.224. The van der Waals surface area contributed by atoms with E-state index >= 15 is 0 Å². The van der Waals surface area contributed by atoms with Crippen LogP contribution < -0.4 is 15.0 Å². The Bertz CT molecular complexity index is 713. The third-order valence-corrected chi connectivity index (χ3v) is 4.33. The predicted molar refractivity (Wildman–Crippen MR) is 94.9 cm³/mol. The molecule has 1 N–H and O–H groups in total. The van der Waals surface area contributed by atoms with E-state index < -0.39 is 0 Å². The largest absolute Gasteiger partial charge is 0.496 e. The molecule has 5 nitrogen and oxygen atoms in total. The number of anilines is 1. The third kappa shape index (κ3) is 3.79. The van der Waals surface area contributed by atoms with Crippen LogP contribution in [0.3, 0.4) is 0 Å². The van der Waals surface area contributed by atoms with Gasteiger partial charge >= 0.3 is 0 Å². The van der Waals surface area contributed by atoms with Gasteiger partial charge in [-0.05, 0) is 42.7 Å². The molecule has 0 unspecified atom stereocenters. The summed E-state index contributed by atoms with van der Waals surface area (Å²) in [4.78, 5) is 19.1. The normalized spacial score (nSPS) is 13.8. The number of carbonyl (C=O) groups is 1. The Hall–Kier alpha value is -2.27. The highest BCUT2D eigenvalue weighted by Crippen LogP contribution is 2.22. The minimum atomic E-state index is -0.224. The topological polar surface area (TPSA) is 54.5 Å². The summed E-state index contributed by atoms with van der Waals surface area (Å²) in [6.45, 7) is 2.54. The highest BCUT2D eigenvalue weighted by Gasteiger charge is 2.14. The van der Waals surface area contributed by atoms with Gasteiger partial charge in [0.2, 0.25) is 0 Å². The van der Waals surface area contributed by atoms with Crippen LogP contribution in [0.5, 0.6) is 5.75 Å². The lowest BCUT2D eigenvalue weighted by Gasteiger charge is -2.16. The molecule has 24 heavy (non-hydrogen) atoms. The number of nitrogens with one attached hydrogen (secondary N) is 1. The zero-order chi connectivity index (χ0) is 16.9. The van der Waals surface area contributed by atoms with Crippen molar-refractivity contribution >= 4 is 23.3 Å². The SMILES string of the molecule is COc1ccc(Cl)cc1C(=O)NCc1ccc(N2CCCC2)nc1. The minimum Gasteiger partial charge on any atom is -0.496 e. The van der Waals surface area contributed by atoms with Gasteiger partial charge in [-0.25, -0.2) is 4.98 Å². The zero-order valence-electron chi connectivity index (χ0n) is 13.6. The molecule has 3 rings (SSSR count). The molecule has 1 aliphatic heterocycles. The Morgan fingerprint density at radius 3 is 2.75 bits per heavy atom. The van der Waals surface area contributed by atoms with Crippen molar-refractivity contribution in [2.75, 3.05) is 25.1 Å². The number of methoxy groups -OCH3 is 1. The summed E-state index contributed by atoms with van der Waals surface area (Å²) < 4.78 is 5.21. The van der Waals surface area contributed by atoms with Gasteiger partial charge in [-0.2, -0.15) is 0 Å². The number of rotatable bonds is 5. The first-order valence-corrected chi connectivity index (χ1v) is 8.37. The number of halogens is 1. The average molecular weight is 346 g/mol. The van der Waals surface area contributed by atoms with Gasteiger partial charge in [-0.15, -0.1) is 0 Å². The van der Waals surface area contributed by atoms with E-state index in [0.29, 0.717) is 22.9 Å². The van der Waals surface area contributed by atoms with Crippen LogP contribution in [0.15, 0.2) is 36.5 Å². The summed E-state index contributed by atoms with van der Waals surface area (Å²) in [7, 11) is 1.53. The molecule has 1 aromatic carbocycles. The van der Waals surface area contributed by atoms with Crippen molar-refractivity contribution in [1.29, 1.82) is 0 Å². The number of carbonyl (C=O) groups excluding carboxylic acids is 1. The maximum Gasteiger partial charge on any atom is 0.255 e. The van der Waals surface area contributed by atoms with Gasteiger partial charge in [-0.1, -0.05) is 17.7 Å². The Kier molecular flexibility index (Phi) is 5.20. The number of pyridine rings is 1. The molecule has 6 heteroatoms. The second kappa shape index (κ2) is 7.53. The first-order chi connectivity index (χ1) is 11.7. The van der Waals surface area contributed by atoms with Crippen LogP contribution in [0.4, 0.5) is 5.82 Å². The lowest BCUT2D eigenvalue weighted by molar-refractivity contribution is 0.0948. The summed E-state index contributed by atoms with van der Waals surface area (Å²) in [6.07, 6.45) is 4.26. The van der Waals surface area contributed by atoms with Crippen LogP contribution in [0.25, 0.3) is 0 Å². The maximum atomic E-state index is 12.3. The Morgan fingerprint density at radius 1 is 1.29 bits per heavy atom. The molecule has 0 radical (unpaired) electrons. The van der Waals surface area contributed by atoms with E-state index in [1.165, 1.54) is 20.0 Å². The maximum absolute atomic E-state index is 12.3. The molecule has 0 saturated carbocycles. The van der Waals surface area contributed by atoms with Crippen LogP contribution in [0.2, 0.25) is 5.02 Å². The quantitative estimate of drug-likeness (QED) is 0.903. The summed E-state index contributed by atoms with van der Waals surface area (Å²) in [5.74, 6) is 1.27. The van der Waals surface area contributed by atoms with Gasteiger partial charge in [0.25, 0.3) is 5.91 Å². The molecule has 2 heterocycles. The number of amides is 1. The third-order valence-electron chi connectivity index (χ3n) is 4.10. The molecule has 0 spiro atoms. The molecule has 126 valence electrons. The van der Waals surface area contributed by atoms with Crippen LogP contribution in [-0.2, 0) is 6.54 Å². The van der Waals surface area contributed by atoms with Crippen molar-refractivity contribution in [3.8, 4) is 5.75 Å². The summed E-state index contributed by atoms with van der Waals surface area (Å²) in [5.41, 5.74) is 1.37. The molecule has 1 amide bonds. The highest BCUT2D eigenvalue weighted by molar-refractivity contribution is 6.31. The number of ether oxygens (including phenoxy) is 1. The van der Waals surface area contributed by atoms with Crippen LogP contribution in [0.1, 0.15) is 28.8 Å². The van der Waals surface area contributed by atoms with E-state index in [-0.39, 0.29) is 5.91 Å². The number of hydrogen-bond acceptors (Lipinski definition) is 4. The molecule has 1 aliphatic rings. The van der Waals surface area contributed by atoms with Gasteiger partial charge in [0.05, 0.1) is 12.7 Å². The monoisotopic (exact) mass is 345 g/mol. The second-order valence-corrected chi connectivity index (χ2v) is 6.18. The van der Waals surface area contributed by atoms with Crippen molar-refractivity contribution in [3.05, 3.63) is 52.7 Å². The number of nitrogens with zero attached hydrogens (tertiary/aromatic N) is 2. The van der Waals surface area contributed by atoms with E-state index in [4.69, 9.17) is 16.3 Å². The summed E-state index contributed by atoms with van der Waals surface area (Å²) in [6, 6.07) is 8.98. The zero-order valence-corrected chi connectivity index (χ0v) is 14.3. The lowest BCUT2D eigenvalue weighted by Crippen LogP contribution is -2.24. The molecular weight excluding hydrogens is 326 g/mol. The van der Waals surface area contributed by atoms with Crippen LogP contribution in [-0.4, -0.2) is 31.1 Å². The van der Waals surface area contributed by atoms with Gasteiger partial charge in [0.1, 0.15) is 11.6 Å². The highest BCUT2D eigenvalue weighted by atomic mass is 35.5. The van der Waals surface area contributed by atoms with Crippen molar-refractivity contribution in [3.63, 3.8) is 0 Å². The number of benzene rings is 1. The van der Waals surface area contributed by atoms with Gasteiger partial charge in [0.15, 0.2) is 0 Å². The fourth-order valence-electron chi connectivity index (χ4n) is 2.79. The molecule has 0 aliphatic carbocycles. The Balaban J connectivity index is 1.63. The van der Waals surface area contributed by atoms with E-state index in [0.717, 1.165) is 24.5 Å². The summed E-state index contributed by atoms with van der Waals surface area (Å²) >= 11 is 5.96. The smallest absolute Gasteiger partial charge is 0.255 e. The van der Waals surface area contributed by atoms with E-state index in [1.807, 2.05) is 18.3 Å². The van der Waals surface area contributed by atoms with Crippen LogP contribution >= 0.6 is 11.6 Å². The lowest BCUT2D eigenvalue weighted by atomic mass is 10.2. The number of aromatic nitrogens is 1. The predicted octanol–water partition coefficient (Wildman–Crippen LogP) is 3.27. The van der Waals surface area contributed by atoms with Crippen molar-refractivity contribution < 1.29 is 9.53 Å². The van der Waals surface area contributed by atoms with Crippen LogP contribution in [0, 0.1) is 0 Å². The molecule has 1 saturated heterocycles. The first-order valence-electron chi connectivity index (χ1n) is 7.99. The second-order valence-electron chi connectivity index (χ2n) is 5.75. The molecule has 1 fully saturated rings. The molecule has 0 bridgehead atoms. The first kappa shape index (κ1) is 16.6. The van der Waals surface area contributed by atoms with Gasteiger partial charge in [0, 0.05) is 30.9 Å². The van der Waals surface area contributed by atoms with Crippen molar-refractivity contribution in [2.45, 2.75) is 19.4 Å². The average Bonchev–Trinajstić information content (AvgIpc) is 3.14. The van der Waals surface area contributed by atoms with Gasteiger partial charge < -0.3 is 15.0 Å². The van der Waals surface area contributed by atoms with E-state index in [9.17, 15) is 4.79 Å². The Labute approximate surface area is 146 Å². The van der Waals surface area contributed by atoms with E-state index in [2.05, 4.69) is 15.2 Å². The molecule has 1 aromatic heterocycles.